The summed E-state index contributed by atoms with van der Waals surface area (Å²) in [6.45, 7) is 12.0. The Morgan fingerprint density at radius 1 is 1.00 bits per heavy atom. The third-order valence-electron chi connectivity index (χ3n) is 5.37. The van der Waals surface area contributed by atoms with E-state index in [1.165, 1.54) is 31.5 Å². The van der Waals surface area contributed by atoms with E-state index >= 15 is 0 Å². The van der Waals surface area contributed by atoms with Gasteiger partial charge < -0.3 is 18.9 Å². The van der Waals surface area contributed by atoms with Crippen LogP contribution < -0.4 is 0 Å². The summed E-state index contributed by atoms with van der Waals surface area (Å²) in [7, 11) is 0. The van der Waals surface area contributed by atoms with Crippen molar-refractivity contribution in [3.8, 4) is 0 Å². The molecule has 23 heavy (non-hydrogen) atoms. The van der Waals surface area contributed by atoms with E-state index in [0.717, 1.165) is 6.54 Å². The van der Waals surface area contributed by atoms with Gasteiger partial charge >= 0.3 is 0 Å². The molecule has 3 fully saturated rings. The van der Waals surface area contributed by atoms with Gasteiger partial charge in [0, 0.05) is 12.5 Å². The van der Waals surface area contributed by atoms with E-state index in [9.17, 15) is 0 Å². The highest BCUT2D eigenvalue weighted by molar-refractivity contribution is 5.23. The molecular weight excluding hydrogens is 294 g/mol. The first kappa shape index (κ1) is 16.0. The maximum atomic E-state index is 6.29. The summed E-state index contributed by atoms with van der Waals surface area (Å²) in [5.41, 5.74) is 1.40. The van der Waals surface area contributed by atoms with E-state index in [2.05, 4.69) is 11.0 Å². The lowest BCUT2D eigenvalue weighted by Gasteiger charge is -2.47. The van der Waals surface area contributed by atoms with Crippen molar-refractivity contribution in [2.45, 2.75) is 70.4 Å². The van der Waals surface area contributed by atoms with E-state index in [-0.39, 0.29) is 24.2 Å². The van der Waals surface area contributed by atoms with Crippen LogP contribution in [0.3, 0.4) is 0 Å². The van der Waals surface area contributed by atoms with Crippen LogP contribution in [-0.4, -0.2) is 61.0 Å². The molecule has 1 aliphatic carbocycles. The molecule has 0 bridgehead atoms. The van der Waals surface area contributed by atoms with Crippen LogP contribution in [0.25, 0.3) is 0 Å². The van der Waals surface area contributed by atoms with Gasteiger partial charge in [0.05, 0.1) is 12.7 Å². The van der Waals surface area contributed by atoms with Crippen LogP contribution >= 0.6 is 0 Å². The molecule has 0 radical (unpaired) electrons. The Bertz CT molecular complexity index is 495. The van der Waals surface area contributed by atoms with E-state index in [0.29, 0.717) is 6.61 Å². The Labute approximate surface area is 138 Å². The molecule has 5 nitrogen and oxygen atoms in total. The molecule has 0 aromatic rings. The van der Waals surface area contributed by atoms with Crippen LogP contribution in [0.4, 0.5) is 0 Å². The van der Waals surface area contributed by atoms with Gasteiger partial charge in [-0.3, -0.25) is 4.90 Å². The summed E-state index contributed by atoms with van der Waals surface area (Å²) < 4.78 is 24.5. The highest BCUT2D eigenvalue weighted by Gasteiger charge is 2.54. The molecule has 0 aromatic heterocycles. The van der Waals surface area contributed by atoms with Crippen molar-refractivity contribution in [3.05, 3.63) is 11.6 Å². The minimum atomic E-state index is -0.558. The fourth-order valence-electron chi connectivity index (χ4n) is 4.35. The lowest BCUT2D eigenvalue weighted by molar-refractivity contribution is -0.309. The van der Waals surface area contributed by atoms with Gasteiger partial charge in [-0.15, -0.1) is 0 Å². The van der Waals surface area contributed by atoms with Gasteiger partial charge in [0.2, 0.25) is 0 Å². The quantitative estimate of drug-likeness (QED) is 0.729. The van der Waals surface area contributed by atoms with Gasteiger partial charge in [0.1, 0.15) is 12.2 Å². The molecule has 0 N–H and O–H groups in total. The summed E-state index contributed by atoms with van der Waals surface area (Å²) >= 11 is 0. The zero-order chi connectivity index (χ0) is 16.2. The molecule has 130 valence electrons. The zero-order valence-corrected chi connectivity index (χ0v) is 14.7. The predicted octanol–water partition coefficient (Wildman–Crippen LogP) is 2.31. The Balaban J connectivity index is 1.60. The van der Waals surface area contributed by atoms with Crippen molar-refractivity contribution in [2.24, 2.45) is 5.92 Å². The Kier molecular flexibility index (Phi) is 3.85. The summed E-state index contributed by atoms with van der Waals surface area (Å²) in [5.74, 6) is -0.842. The molecule has 4 aliphatic rings. The normalized spacial score (nSPS) is 42.2. The smallest absolute Gasteiger partial charge is 0.164 e. The molecule has 3 heterocycles. The summed E-state index contributed by atoms with van der Waals surface area (Å²) in [5, 5.41) is 0. The standard InChI is InChI=1S/C18H29NO4/c1-17(2)20-11-13-12(10-19-7-5-6-8-19)9-14-16(15(13)22-17)23-18(3,4)21-14/h9,13-16H,5-8,10-11H2,1-4H3/t13-,14-,15-,16-/m1/s1. The lowest BCUT2D eigenvalue weighted by atomic mass is 9.81. The van der Waals surface area contributed by atoms with Crippen molar-refractivity contribution in [3.63, 3.8) is 0 Å². The first-order valence-electron chi connectivity index (χ1n) is 8.93. The maximum absolute atomic E-state index is 6.29. The van der Waals surface area contributed by atoms with E-state index in [1.807, 2.05) is 27.7 Å². The third-order valence-corrected chi connectivity index (χ3v) is 5.37. The largest absolute Gasteiger partial charge is 0.350 e. The summed E-state index contributed by atoms with van der Waals surface area (Å²) in [6, 6.07) is 0. The fraction of sp³-hybridized carbons (Fsp3) is 0.889. The van der Waals surface area contributed by atoms with Crippen molar-refractivity contribution < 1.29 is 18.9 Å². The van der Waals surface area contributed by atoms with Gasteiger partial charge in [-0.05, 0) is 59.2 Å². The van der Waals surface area contributed by atoms with Crippen LogP contribution in [0.15, 0.2) is 11.6 Å². The van der Waals surface area contributed by atoms with E-state index < -0.39 is 11.6 Å². The Hall–Kier alpha value is -0.460. The van der Waals surface area contributed by atoms with Gasteiger partial charge in [0.25, 0.3) is 0 Å². The molecule has 0 saturated carbocycles. The van der Waals surface area contributed by atoms with Gasteiger partial charge in [-0.1, -0.05) is 6.08 Å². The van der Waals surface area contributed by atoms with Crippen molar-refractivity contribution >= 4 is 0 Å². The molecule has 4 atom stereocenters. The molecule has 0 spiro atoms. The zero-order valence-electron chi connectivity index (χ0n) is 14.7. The van der Waals surface area contributed by atoms with Crippen molar-refractivity contribution in [2.75, 3.05) is 26.2 Å². The van der Waals surface area contributed by atoms with E-state index in [4.69, 9.17) is 18.9 Å². The number of likely N-dealkylation sites (tertiary alicyclic amines) is 1. The molecule has 0 amide bonds. The molecular formula is C18H29NO4. The molecule has 5 heteroatoms. The second-order valence-electron chi connectivity index (χ2n) is 8.19. The Morgan fingerprint density at radius 3 is 2.43 bits per heavy atom. The second-order valence-corrected chi connectivity index (χ2v) is 8.19. The van der Waals surface area contributed by atoms with Crippen LogP contribution in [0.5, 0.6) is 0 Å². The first-order chi connectivity index (χ1) is 10.8. The average molecular weight is 323 g/mol. The highest BCUT2D eigenvalue weighted by atomic mass is 16.8. The monoisotopic (exact) mass is 323 g/mol. The summed E-state index contributed by atoms with van der Waals surface area (Å²) in [6.07, 6.45) is 4.84. The van der Waals surface area contributed by atoms with Gasteiger partial charge in [-0.25, -0.2) is 0 Å². The number of nitrogens with zero attached hydrogens (tertiary/aromatic N) is 1. The second kappa shape index (κ2) is 5.53. The van der Waals surface area contributed by atoms with E-state index in [1.54, 1.807) is 0 Å². The minimum absolute atomic E-state index is 0.00753. The van der Waals surface area contributed by atoms with Gasteiger partial charge in [-0.2, -0.15) is 0 Å². The topological polar surface area (TPSA) is 40.2 Å². The Morgan fingerprint density at radius 2 is 1.70 bits per heavy atom. The van der Waals surface area contributed by atoms with Crippen molar-refractivity contribution in [1.82, 2.24) is 4.90 Å². The molecule has 0 unspecified atom stereocenters. The van der Waals surface area contributed by atoms with Crippen LogP contribution in [0.1, 0.15) is 40.5 Å². The number of hydrogen-bond donors (Lipinski definition) is 0. The summed E-state index contributed by atoms with van der Waals surface area (Å²) in [4.78, 5) is 2.53. The van der Waals surface area contributed by atoms with Crippen molar-refractivity contribution in [1.29, 1.82) is 0 Å². The molecule has 3 aliphatic heterocycles. The number of fused-ring (bicyclic) bond motifs is 3. The predicted molar refractivity (Wildman–Crippen MR) is 86.0 cm³/mol. The highest BCUT2D eigenvalue weighted by Crippen LogP contribution is 2.44. The average Bonchev–Trinajstić information content (AvgIpc) is 3.04. The number of rotatable bonds is 2. The fourth-order valence-corrected chi connectivity index (χ4v) is 4.35. The molecule has 3 saturated heterocycles. The van der Waals surface area contributed by atoms with Crippen LogP contribution in [0, 0.1) is 5.92 Å². The third kappa shape index (κ3) is 3.10. The minimum Gasteiger partial charge on any atom is -0.350 e. The lowest BCUT2D eigenvalue weighted by Crippen LogP contribution is -2.56. The number of ether oxygens (including phenoxy) is 4. The first-order valence-corrected chi connectivity index (χ1v) is 8.93. The molecule has 0 aromatic carbocycles. The number of hydrogen-bond acceptors (Lipinski definition) is 5. The van der Waals surface area contributed by atoms with Crippen LogP contribution in [0.2, 0.25) is 0 Å². The maximum Gasteiger partial charge on any atom is 0.164 e. The van der Waals surface area contributed by atoms with Gasteiger partial charge in [0.15, 0.2) is 11.6 Å². The van der Waals surface area contributed by atoms with Crippen LogP contribution in [-0.2, 0) is 18.9 Å². The molecule has 4 rings (SSSR count). The SMILES string of the molecule is CC1(C)OC[C@@H]2C(CN3CCCC3)=C[C@H]3OC(C)(C)O[C@H]3[C@@H]2O1.